The van der Waals surface area contributed by atoms with Gasteiger partial charge in [-0.25, -0.2) is 8.42 Å². The molecule has 0 bridgehead atoms. The molecule has 0 atom stereocenters. The lowest BCUT2D eigenvalue weighted by molar-refractivity contribution is 0.471. The SMILES string of the molecule is CS(=O)(=O)c1ccc(SCc2cc(N)ccc2O)cc1. The normalized spacial score (nSPS) is 11.4. The Morgan fingerprint density at radius 1 is 1.15 bits per heavy atom. The second kappa shape index (κ2) is 5.76. The Morgan fingerprint density at radius 3 is 2.40 bits per heavy atom. The number of phenols is 1. The smallest absolute Gasteiger partial charge is 0.175 e. The third-order valence-corrected chi connectivity index (χ3v) is 4.94. The molecule has 0 heterocycles. The van der Waals surface area contributed by atoms with Gasteiger partial charge < -0.3 is 10.8 Å². The first-order chi connectivity index (χ1) is 9.36. The van der Waals surface area contributed by atoms with Crippen LogP contribution in [0.15, 0.2) is 52.3 Å². The first kappa shape index (κ1) is 14.7. The summed E-state index contributed by atoms with van der Waals surface area (Å²) < 4.78 is 22.7. The van der Waals surface area contributed by atoms with E-state index >= 15 is 0 Å². The first-order valence-electron chi connectivity index (χ1n) is 5.86. The molecule has 0 saturated heterocycles. The minimum Gasteiger partial charge on any atom is -0.508 e. The Bertz CT molecular complexity index is 710. The monoisotopic (exact) mass is 309 g/mol. The molecule has 3 N–H and O–H groups in total. The molecule has 0 spiro atoms. The molecule has 0 fully saturated rings. The molecule has 0 aliphatic rings. The van der Waals surface area contributed by atoms with E-state index in [0.717, 1.165) is 10.5 Å². The van der Waals surface area contributed by atoms with Crippen molar-refractivity contribution >= 4 is 27.3 Å². The average Bonchev–Trinajstić information content (AvgIpc) is 2.39. The fourth-order valence-electron chi connectivity index (χ4n) is 1.67. The molecular formula is C14H15NO3S2. The van der Waals surface area contributed by atoms with Crippen molar-refractivity contribution in [2.75, 3.05) is 12.0 Å². The Morgan fingerprint density at radius 2 is 1.80 bits per heavy atom. The van der Waals surface area contributed by atoms with Crippen molar-refractivity contribution in [3.05, 3.63) is 48.0 Å². The summed E-state index contributed by atoms with van der Waals surface area (Å²) in [6, 6.07) is 11.6. The van der Waals surface area contributed by atoms with Gasteiger partial charge in [0.15, 0.2) is 9.84 Å². The van der Waals surface area contributed by atoms with Gasteiger partial charge in [0.25, 0.3) is 0 Å². The van der Waals surface area contributed by atoms with E-state index < -0.39 is 9.84 Å². The first-order valence-corrected chi connectivity index (χ1v) is 8.74. The fraction of sp³-hybridized carbons (Fsp3) is 0.143. The summed E-state index contributed by atoms with van der Waals surface area (Å²) >= 11 is 1.51. The molecule has 0 unspecified atom stereocenters. The van der Waals surface area contributed by atoms with Crippen LogP contribution in [0, 0.1) is 0 Å². The molecule has 6 heteroatoms. The Hall–Kier alpha value is -1.66. The highest BCUT2D eigenvalue weighted by molar-refractivity contribution is 7.98. The van der Waals surface area contributed by atoms with Gasteiger partial charge in [-0.1, -0.05) is 0 Å². The third-order valence-electron chi connectivity index (χ3n) is 2.75. The van der Waals surface area contributed by atoms with Crippen molar-refractivity contribution in [3.63, 3.8) is 0 Å². The molecule has 20 heavy (non-hydrogen) atoms. The highest BCUT2D eigenvalue weighted by Gasteiger charge is 2.07. The van der Waals surface area contributed by atoms with Crippen LogP contribution in [0.1, 0.15) is 5.56 Å². The van der Waals surface area contributed by atoms with Gasteiger partial charge in [-0.2, -0.15) is 0 Å². The molecule has 0 aromatic heterocycles. The molecule has 2 aromatic carbocycles. The predicted octanol–water partition coefficient (Wildman–Crippen LogP) is 2.67. The number of nitrogen functional groups attached to an aromatic ring is 1. The van der Waals surface area contributed by atoms with Crippen LogP contribution in [0.3, 0.4) is 0 Å². The van der Waals surface area contributed by atoms with Crippen molar-refractivity contribution in [2.45, 2.75) is 15.5 Å². The second-order valence-corrected chi connectivity index (χ2v) is 7.48. The Balaban J connectivity index is 2.10. The van der Waals surface area contributed by atoms with E-state index in [1.807, 2.05) is 0 Å². The number of anilines is 1. The van der Waals surface area contributed by atoms with Gasteiger partial charge in [0.2, 0.25) is 0 Å². The Labute approximate surface area is 122 Å². The maximum absolute atomic E-state index is 11.4. The summed E-state index contributed by atoms with van der Waals surface area (Å²) in [6.45, 7) is 0. The molecule has 0 saturated carbocycles. The van der Waals surface area contributed by atoms with Crippen molar-refractivity contribution in [2.24, 2.45) is 0 Å². The number of hydrogen-bond donors (Lipinski definition) is 2. The summed E-state index contributed by atoms with van der Waals surface area (Å²) in [5, 5.41) is 9.72. The number of sulfone groups is 1. The van der Waals surface area contributed by atoms with Gasteiger partial charge in [0.1, 0.15) is 5.75 Å². The third kappa shape index (κ3) is 3.68. The van der Waals surface area contributed by atoms with Gasteiger partial charge in [0.05, 0.1) is 4.90 Å². The van der Waals surface area contributed by atoms with Gasteiger partial charge >= 0.3 is 0 Å². The lowest BCUT2D eigenvalue weighted by Crippen LogP contribution is -1.96. The van der Waals surface area contributed by atoms with E-state index in [-0.39, 0.29) is 5.75 Å². The maximum Gasteiger partial charge on any atom is 0.175 e. The molecule has 0 aliphatic carbocycles. The van der Waals surface area contributed by atoms with Crippen LogP contribution in [0.5, 0.6) is 5.75 Å². The molecule has 4 nitrogen and oxygen atoms in total. The van der Waals surface area contributed by atoms with E-state index in [9.17, 15) is 13.5 Å². The van der Waals surface area contributed by atoms with E-state index in [0.29, 0.717) is 16.3 Å². The van der Waals surface area contributed by atoms with Crippen molar-refractivity contribution in [3.8, 4) is 5.75 Å². The summed E-state index contributed by atoms with van der Waals surface area (Å²) in [4.78, 5) is 1.23. The van der Waals surface area contributed by atoms with Crippen molar-refractivity contribution in [1.82, 2.24) is 0 Å². The molecule has 2 aromatic rings. The zero-order valence-corrected chi connectivity index (χ0v) is 12.5. The van der Waals surface area contributed by atoms with Crippen LogP contribution < -0.4 is 5.73 Å². The van der Waals surface area contributed by atoms with Gasteiger partial charge in [0, 0.05) is 28.2 Å². The van der Waals surface area contributed by atoms with Crippen LogP contribution in [0.4, 0.5) is 5.69 Å². The molecule has 2 rings (SSSR count). The van der Waals surface area contributed by atoms with Crippen molar-refractivity contribution in [1.29, 1.82) is 0 Å². The van der Waals surface area contributed by atoms with E-state index in [1.54, 1.807) is 42.5 Å². The predicted molar refractivity (Wildman–Crippen MR) is 81.6 cm³/mol. The summed E-state index contributed by atoms with van der Waals surface area (Å²) in [6.07, 6.45) is 1.18. The van der Waals surface area contributed by atoms with Gasteiger partial charge in [-0.15, -0.1) is 11.8 Å². The van der Waals surface area contributed by atoms with Gasteiger partial charge in [-0.3, -0.25) is 0 Å². The molecule has 0 aliphatic heterocycles. The lowest BCUT2D eigenvalue weighted by Gasteiger charge is -2.06. The number of aromatic hydroxyl groups is 1. The van der Waals surface area contributed by atoms with E-state index in [4.69, 9.17) is 5.73 Å². The number of rotatable bonds is 4. The summed E-state index contributed by atoms with van der Waals surface area (Å²) in [7, 11) is -3.16. The lowest BCUT2D eigenvalue weighted by atomic mass is 10.2. The number of nitrogens with two attached hydrogens (primary N) is 1. The van der Waals surface area contributed by atoms with Crippen molar-refractivity contribution < 1.29 is 13.5 Å². The van der Waals surface area contributed by atoms with Crippen LogP contribution in [-0.4, -0.2) is 19.8 Å². The van der Waals surface area contributed by atoms with Crippen LogP contribution in [-0.2, 0) is 15.6 Å². The highest BCUT2D eigenvalue weighted by atomic mass is 32.2. The number of hydrogen-bond acceptors (Lipinski definition) is 5. The number of phenolic OH excluding ortho intramolecular Hbond substituents is 1. The fourth-order valence-corrected chi connectivity index (χ4v) is 3.18. The number of thioether (sulfide) groups is 1. The zero-order valence-electron chi connectivity index (χ0n) is 10.9. The average molecular weight is 309 g/mol. The van der Waals surface area contributed by atoms with E-state index in [2.05, 4.69) is 0 Å². The molecule has 106 valence electrons. The van der Waals surface area contributed by atoms with Crippen LogP contribution in [0.2, 0.25) is 0 Å². The minimum atomic E-state index is -3.16. The molecule has 0 amide bonds. The highest BCUT2D eigenvalue weighted by Crippen LogP contribution is 2.29. The maximum atomic E-state index is 11.4. The van der Waals surface area contributed by atoms with Crippen LogP contribution >= 0.6 is 11.8 Å². The van der Waals surface area contributed by atoms with Gasteiger partial charge in [-0.05, 0) is 42.5 Å². The molecular weight excluding hydrogens is 294 g/mol. The Kier molecular flexibility index (Phi) is 4.25. The number of benzene rings is 2. The van der Waals surface area contributed by atoms with E-state index in [1.165, 1.54) is 18.0 Å². The van der Waals surface area contributed by atoms with Crippen LogP contribution in [0.25, 0.3) is 0 Å². The zero-order chi connectivity index (χ0) is 14.8. The standard InChI is InChI=1S/C14H15NO3S2/c1-20(17,18)13-5-3-12(4-6-13)19-9-10-8-11(15)2-7-14(10)16/h2-8,16H,9,15H2,1H3. The summed E-state index contributed by atoms with van der Waals surface area (Å²) in [5.74, 6) is 0.772. The second-order valence-electron chi connectivity index (χ2n) is 4.42. The largest absolute Gasteiger partial charge is 0.508 e. The molecule has 0 radical (unpaired) electrons. The summed E-state index contributed by atoms with van der Waals surface area (Å²) in [5.41, 5.74) is 7.03. The topological polar surface area (TPSA) is 80.4 Å². The minimum absolute atomic E-state index is 0.208. The quantitative estimate of drug-likeness (QED) is 0.515.